The predicted molar refractivity (Wildman–Crippen MR) is 92.0 cm³/mol. The number of hydrogen-bond acceptors (Lipinski definition) is 2. The van der Waals surface area contributed by atoms with E-state index in [1.807, 2.05) is 19.1 Å². The van der Waals surface area contributed by atoms with Crippen molar-refractivity contribution in [2.75, 3.05) is 7.11 Å². The lowest BCUT2D eigenvalue weighted by molar-refractivity contribution is -0.0872. The van der Waals surface area contributed by atoms with Crippen LogP contribution >= 0.6 is 0 Å². The molecule has 0 saturated heterocycles. The fraction of sp³-hybridized carbons (Fsp3) is 0.150. The molecular formula is C20H17F3O2. The zero-order chi connectivity index (χ0) is 18.4. The van der Waals surface area contributed by atoms with Crippen LogP contribution in [-0.4, -0.2) is 19.3 Å². The van der Waals surface area contributed by atoms with Gasteiger partial charge in [0.1, 0.15) is 0 Å². The van der Waals surface area contributed by atoms with E-state index in [-0.39, 0.29) is 5.56 Å². The summed E-state index contributed by atoms with van der Waals surface area (Å²) in [4.78, 5) is 11.4. The second kappa shape index (κ2) is 7.83. The summed E-state index contributed by atoms with van der Waals surface area (Å²) in [5.74, 6) is -0.536. The van der Waals surface area contributed by atoms with Crippen LogP contribution in [0.2, 0.25) is 0 Å². The highest BCUT2D eigenvalue weighted by molar-refractivity contribution is 5.89. The Morgan fingerprint density at radius 2 is 1.52 bits per heavy atom. The molecular weight excluding hydrogens is 329 g/mol. The summed E-state index contributed by atoms with van der Waals surface area (Å²) in [7, 11) is 1.24. The zero-order valence-corrected chi connectivity index (χ0v) is 13.8. The minimum absolute atomic E-state index is 0.281. The monoisotopic (exact) mass is 346 g/mol. The molecule has 0 bridgehead atoms. The molecule has 0 saturated carbocycles. The lowest BCUT2D eigenvalue weighted by Crippen LogP contribution is -2.09. The van der Waals surface area contributed by atoms with Gasteiger partial charge in [-0.2, -0.15) is 13.2 Å². The number of hydrogen-bond donors (Lipinski definition) is 0. The Morgan fingerprint density at radius 1 is 0.960 bits per heavy atom. The Balaban J connectivity index is 2.29. The lowest BCUT2D eigenvalue weighted by atomic mass is 10.1. The second-order valence-electron chi connectivity index (χ2n) is 5.46. The van der Waals surface area contributed by atoms with Crippen molar-refractivity contribution in [2.24, 2.45) is 0 Å². The SMILES string of the molecule is COC(=O)c1ccc(/C=C(\C=C\c2ccc(C)cc2)C(F)(F)F)cc1. The van der Waals surface area contributed by atoms with E-state index in [9.17, 15) is 18.0 Å². The maximum absolute atomic E-state index is 13.2. The highest BCUT2D eigenvalue weighted by Gasteiger charge is 2.31. The van der Waals surface area contributed by atoms with Gasteiger partial charge in [-0.3, -0.25) is 0 Å². The van der Waals surface area contributed by atoms with Crippen molar-refractivity contribution in [3.8, 4) is 0 Å². The summed E-state index contributed by atoms with van der Waals surface area (Å²) in [6, 6.07) is 12.9. The number of benzene rings is 2. The molecule has 0 radical (unpaired) electrons. The first-order valence-electron chi connectivity index (χ1n) is 7.51. The molecule has 2 rings (SSSR count). The van der Waals surface area contributed by atoms with Gasteiger partial charge in [0, 0.05) is 0 Å². The molecule has 0 amide bonds. The number of carbonyl (C=O) groups is 1. The number of esters is 1. The predicted octanol–water partition coefficient (Wildman–Crippen LogP) is 5.44. The number of halogens is 3. The van der Waals surface area contributed by atoms with Crippen LogP contribution in [0.15, 0.2) is 60.2 Å². The van der Waals surface area contributed by atoms with Crippen molar-refractivity contribution < 1.29 is 22.7 Å². The van der Waals surface area contributed by atoms with Crippen molar-refractivity contribution in [1.29, 1.82) is 0 Å². The van der Waals surface area contributed by atoms with E-state index < -0.39 is 17.7 Å². The van der Waals surface area contributed by atoms with E-state index in [1.165, 1.54) is 37.5 Å². The van der Waals surface area contributed by atoms with Crippen molar-refractivity contribution >= 4 is 18.1 Å². The fourth-order valence-corrected chi connectivity index (χ4v) is 2.10. The minimum Gasteiger partial charge on any atom is -0.465 e. The lowest BCUT2D eigenvalue weighted by Gasteiger charge is -2.08. The van der Waals surface area contributed by atoms with Crippen molar-refractivity contribution in [2.45, 2.75) is 13.1 Å². The van der Waals surface area contributed by atoms with Crippen LogP contribution < -0.4 is 0 Å². The standard InChI is InChI=1S/C20H17F3O2/c1-14-3-5-15(6-4-14)9-12-18(20(21,22)23)13-16-7-10-17(11-8-16)19(24)25-2/h3-13H,1-2H3/b12-9+,18-13+. The summed E-state index contributed by atoms with van der Waals surface area (Å²) in [6.07, 6.45) is -0.992. The van der Waals surface area contributed by atoms with Gasteiger partial charge < -0.3 is 4.74 Å². The minimum atomic E-state index is -4.48. The zero-order valence-electron chi connectivity index (χ0n) is 13.8. The highest BCUT2D eigenvalue weighted by atomic mass is 19.4. The normalized spacial score (nSPS) is 12.4. The van der Waals surface area contributed by atoms with Gasteiger partial charge >= 0.3 is 12.1 Å². The molecule has 25 heavy (non-hydrogen) atoms. The maximum Gasteiger partial charge on any atom is 0.416 e. The van der Waals surface area contributed by atoms with Gasteiger partial charge in [-0.05, 0) is 42.3 Å². The van der Waals surface area contributed by atoms with Crippen molar-refractivity contribution in [3.05, 3.63) is 82.4 Å². The fourth-order valence-electron chi connectivity index (χ4n) is 2.10. The number of rotatable bonds is 4. The molecule has 0 aliphatic carbocycles. The van der Waals surface area contributed by atoms with Crippen LogP contribution in [0.4, 0.5) is 13.2 Å². The Bertz CT molecular complexity index is 783. The van der Waals surface area contributed by atoms with E-state index in [0.717, 1.165) is 17.7 Å². The second-order valence-corrected chi connectivity index (χ2v) is 5.46. The van der Waals surface area contributed by atoms with E-state index in [0.29, 0.717) is 11.1 Å². The first-order valence-corrected chi connectivity index (χ1v) is 7.51. The van der Waals surface area contributed by atoms with Gasteiger partial charge in [0.25, 0.3) is 0 Å². The molecule has 0 aliphatic rings. The van der Waals surface area contributed by atoms with E-state index >= 15 is 0 Å². The van der Waals surface area contributed by atoms with E-state index in [4.69, 9.17) is 0 Å². The first kappa shape index (κ1) is 18.5. The maximum atomic E-state index is 13.2. The third kappa shape index (κ3) is 5.35. The van der Waals surface area contributed by atoms with Gasteiger partial charge in [-0.1, -0.05) is 48.0 Å². The molecule has 0 N–H and O–H groups in total. The van der Waals surface area contributed by atoms with Crippen LogP contribution in [-0.2, 0) is 4.74 Å². The average molecular weight is 346 g/mol. The Labute approximate surface area is 144 Å². The van der Waals surface area contributed by atoms with E-state index in [2.05, 4.69) is 4.74 Å². The van der Waals surface area contributed by atoms with Gasteiger partial charge in [-0.25, -0.2) is 4.79 Å². The molecule has 0 fully saturated rings. The van der Waals surface area contributed by atoms with Crippen molar-refractivity contribution in [1.82, 2.24) is 0 Å². The first-order chi connectivity index (χ1) is 11.8. The molecule has 0 aliphatic heterocycles. The van der Waals surface area contributed by atoms with Crippen LogP contribution in [0, 0.1) is 6.92 Å². The molecule has 2 nitrogen and oxygen atoms in total. The molecule has 0 atom stereocenters. The van der Waals surface area contributed by atoms with Gasteiger partial charge in [0.15, 0.2) is 0 Å². The molecule has 2 aromatic rings. The number of aryl methyl sites for hydroxylation is 1. The van der Waals surface area contributed by atoms with Crippen molar-refractivity contribution in [3.63, 3.8) is 0 Å². The highest BCUT2D eigenvalue weighted by Crippen LogP contribution is 2.29. The molecule has 130 valence electrons. The van der Waals surface area contributed by atoms with E-state index in [1.54, 1.807) is 12.1 Å². The molecule has 0 spiro atoms. The summed E-state index contributed by atoms with van der Waals surface area (Å²) < 4.78 is 44.3. The smallest absolute Gasteiger partial charge is 0.416 e. The number of ether oxygens (including phenoxy) is 1. The summed E-state index contributed by atoms with van der Waals surface area (Å²) >= 11 is 0. The quantitative estimate of drug-likeness (QED) is 0.544. The average Bonchev–Trinajstić information content (AvgIpc) is 2.59. The largest absolute Gasteiger partial charge is 0.465 e. The van der Waals surface area contributed by atoms with Crippen LogP contribution in [0.3, 0.4) is 0 Å². The van der Waals surface area contributed by atoms with Crippen LogP contribution in [0.5, 0.6) is 0 Å². The molecule has 2 aromatic carbocycles. The number of alkyl halides is 3. The number of allylic oxidation sites excluding steroid dienone is 2. The molecule has 0 aromatic heterocycles. The topological polar surface area (TPSA) is 26.3 Å². The number of carbonyl (C=O) groups excluding carboxylic acids is 1. The molecule has 5 heteroatoms. The Kier molecular flexibility index (Phi) is 5.80. The summed E-state index contributed by atoms with van der Waals surface area (Å²) in [5, 5.41) is 0. The molecule has 0 heterocycles. The molecule has 0 unspecified atom stereocenters. The Hall–Kier alpha value is -2.82. The third-order valence-electron chi connectivity index (χ3n) is 3.51. The van der Waals surface area contributed by atoms with Gasteiger partial charge in [0.2, 0.25) is 0 Å². The summed E-state index contributed by atoms with van der Waals surface area (Å²) in [6.45, 7) is 1.91. The third-order valence-corrected chi connectivity index (χ3v) is 3.51. The summed E-state index contributed by atoms with van der Waals surface area (Å²) in [5.41, 5.74) is 1.56. The number of methoxy groups -OCH3 is 1. The van der Waals surface area contributed by atoms with Crippen LogP contribution in [0.1, 0.15) is 27.0 Å². The van der Waals surface area contributed by atoms with Gasteiger partial charge in [-0.15, -0.1) is 0 Å². The Morgan fingerprint density at radius 3 is 2.04 bits per heavy atom. The van der Waals surface area contributed by atoms with Crippen LogP contribution in [0.25, 0.3) is 12.2 Å². The van der Waals surface area contributed by atoms with Gasteiger partial charge in [0.05, 0.1) is 18.2 Å².